The molecule has 0 radical (unpaired) electrons. The van der Waals surface area contributed by atoms with Crippen LogP contribution in [0.5, 0.6) is 5.75 Å². The SMILES string of the molecule is CC1CCC(COc2c(N)cccc2C(N)=O)O1. The molecule has 1 aliphatic rings. The molecular weight excluding hydrogens is 232 g/mol. The standard InChI is InChI=1S/C13H18N2O3/c1-8-5-6-9(18-8)7-17-12-10(13(15)16)3-2-4-11(12)14/h2-4,8-9H,5-7,14H2,1H3,(H2,15,16). The lowest BCUT2D eigenvalue weighted by Crippen LogP contribution is -2.20. The zero-order valence-corrected chi connectivity index (χ0v) is 10.4. The summed E-state index contributed by atoms with van der Waals surface area (Å²) in [6.45, 7) is 2.42. The number of nitrogens with two attached hydrogens (primary N) is 2. The number of hydrogen-bond donors (Lipinski definition) is 2. The summed E-state index contributed by atoms with van der Waals surface area (Å²) in [5.41, 5.74) is 11.8. The van der Waals surface area contributed by atoms with Crippen LogP contribution in [0, 0.1) is 0 Å². The summed E-state index contributed by atoms with van der Waals surface area (Å²) in [5.74, 6) is -0.189. The molecule has 1 aromatic rings. The molecule has 0 spiro atoms. The van der Waals surface area contributed by atoms with E-state index < -0.39 is 5.91 Å². The lowest BCUT2D eigenvalue weighted by molar-refractivity contribution is 0.0264. The van der Waals surface area contributed by atoms with Gasteiger partial charge in [0.2, 0.25) is 0 Å². The highest BCUT2D eigenvalue weighted by Gasteiger charge is 2.23. The van der Waals surface area contributed by atoms with Crippen LogP contribution in [-0.4, -0.2) is 24.7 Å². The smallest absolute Gasteiger partial charge is 0.252 e. The van der Waals surface area contributed by atoms with Crippen LogP contribution in [-0.2, 0) is 4.74 Å². The van der Waals surface area contributed by atoms with E-state index in [4.69, 9.17) is 20.9 Å². The molecule has 0 aliphatic carbocycles. The summed E-state index contributed by atoms with van der Waals surface area (Å²) >= 11 is 0. The predicted molar refractivity (Wildman–Crippen MR) is 68.4 cm³/mol. The normalized spacial score (nSPS) is 22.9. The molecular formula is C13H18N2O3. The molecule has 5 nitrogen and oxygen atoms in total. The van der Waals surface area contributed by atoms with Gasteiger partial charge in [0, 0.05) is 0 Å². The molecule has 0 aromatic heterocycles. The van der Waals surface area contributed by atoms with Gasteiger partial charge < -0.3 is 20.9 Å². The van der Waals surface area contributed by atoms with Gasteiger partial charge in [0.1, 0.15) is 6.61 Å². The third-order valence-electron chi connectivity index (χ3n) is 3.04. The van der Waals surface area contributed by atoms with Crippen molar-refractivity contribution >= 4 is 11.6 Å². The number of amides is 1. The Bertz CT molecular complexity index is 448. The Labute approximate surface area is 106 Å². The van der Waals surface area contributed by atoms with E-state index in [1.807, 2.05) is 6.92 Å². The van der Waals surface area contributed by atoms with Crippen molar-refractivity contribution in [2.75, 3.05) is 12.3 Å². The number of nitrogen functional groups attached to an aromatic ring is 1. The van der Waals surface area contributed by atoms with Crippen molar-refractivity contribution in [3.05, 3.63) is 23.8 Å². The Morgan fingerprint density at radius 2 is 2.28 bits per heavy atom. The molecule has 1 aliphatic heterocycles. The second kappa shape index (κ2) is 5.27. The third kappa shape index (κ3) is 2.73. The van der Waals surface area contributed by atoms with Crippen LogP contribution in [0.15, 0.2) is 18.2 Å². The van der Waals surface area contributed by atoms with Crippen molar-refractivity contribution in [1.29, 1.82) is 0 Å². The summed E-state index contributed by atoms with van der Waals surface area (Å²) in [7, 11) is 0. The zero-order chi connectivity index (χ0) is 13.1. The van der Waals surface area contributed by atoms with Crippen molar-refractivity contribution < 1.29 is 14.3 Å². The summed E-state index contributed by atoms with van der Waals surface area (Å²) in [6, 6.07) is 4.96. The van der Waals surface area contributed by atoms with Gasteiger partial charge >= 0.3 is 0 Å². The number of primary amides is 1. The predicted octanol–water partition coefficient (Wildman–Crippen LogP) is 1.31. The fourth-order valence-electron chi connectivity index (χ4n) is 2.09. The number of anilines is 1. The number of para-hydroxylation sites is 1. The number of ether oxygens (including phenoxy) is 2. The van der Waals surface area contributed by atoms with Crippen LogP contribution in [0.3, 0.4) is 0 Å². The Morgan fingerprint density at radius 3 is 2.89 bits per heavy atom. The van der Waals surface area contributed by atoms with Gasteiger partial charge in [-0.15, -0.1) is 0 Å². The van der Waals surface area contributed by atoms with Crippen LogP contribution in [0.2, 0.25) is 0 Å². The summed E-state index contributed by atoms with van der Waals surface area (Å²) in [4.78, 5) is 11.3. The Kier molecular flexibility index (Phi) is 3.72. The van der Waals surface area contributed by atoms with Gasteiger partial charge in [0.15, 0.2) is 5.75 Å². The average Bonchev–Trinajstić information content (AvgIpc) is 2.73. The van der Waals surface area contributed by atoms with Crippen molar-refractivity contribution in [3.63, 3.8) is 0 Å². The van der Waals surface area contributed by atoms with Gasteiger partial charge in [-0.3, -0.25) is 4.79 Å². The van der Waals surface area contributed by atoms with Crippen molar-refractivity contribution in [2.45, 2.75) is 32.0 Å². The van der Waals surface area contributed by atoms with E-state index in [-0.39, 0.29) is 12.2 Å². The maximum absolute atomic E-state index is 11.3. The van der Waals surface area contributed by atoms with E-state index >= 15 is 0 Å². The van der Waals surface area contributed by atoms with Gasteiger partial charge in [0.25, 0.3) is 5.91 Å². The quantitative estimate of drug-likeness (QED) is 0.789. The summed E-state index contributed by atoms with van der Waals surface area (Å²) < 4.78 is 11.3. The van der Waals surface area contributed by atoms with E-state index in [0.717, 1.165) is 12.8 Å². The number of benzene rings is 1. The van der Waals surface area contributed by atoms with E-state index in [2.05, 4.69) is 0 Å². The molecule has 2 atom stereocenters. The highest BCUT2D eigenvalue weighted by atomic mass is 16.5. The van der Waals surface area contributed by atoms with E-state index in [0.29, 0.717) is 23.6 Å². The van der Waals surface area contributed by atoms with Crippen molar-refractivity contribution in [1.82, 2.24) is 0 Å². The second-order valence-corrected chi connectivity index (χ2v) is 4.55. The van der Waals surface area contributed by atoms with Crippen molar-refractivity contribution in [3.8, 4) is 5.75 Å². The molecule has 98 valence electrons. The number of carbonyl (C=O) groups is 1. The molecule has 18 heavy (non-hydrogen) atoms. The molecule has 0 bridgehead atoms. The van der Waals surface area contributed by atoms with Gasteiger partial charge in [-0.05, 0) is 31.9 Å². The Balaban J connectivity index is 2.06. The van der Waals surface area contributed by atoms with Crippen LogP contribution in [0.1, 0.15) is 30.1 Å². The fourth-order valence-corrected chi connectivity index (χ4v) is 2.09. The number of rotatable bonds is 4. The fraction of sp³-hybridized carbons (Fsp3) is 0.462. The minimum atomic E-state index is -0.544. The Morgan fingerprint density at radius 1 is 1.50 bits per heavy atom. The molecule has 1 heterocycles. The molecule has 0 saturated carbocycles. The lowest BCUT2D eigenvalue weighted by Gasteiger charge is -2.15. The van der Waals surface area contributed by atoms with E-state index in [9.17, 15) is 4.79 Å². The van der Waals surface area contributed by atoms with Crippen LogP contribution in [0.4, 0.5) is 5.69 Å². The largest absolute Gasteiger partial charge is 0.488 e. The molecule has 1 saturated heterocycles. The Hall–Kier alpha value is -1.75. The highest BCUT2D eigenvalue weighted by molar-refractivity contribution is 5.97. The minimum Gasteiger partial charge on any atom is -0.488 e. The first-order valence-electron chi connectivity index (χ1n) is 6.04. The molecule has 1 aromatic carbocycles. The molecule has 1 amide bonds. The monoisotopic (exact) mass is 250 g/mol. The van der Waals surface area contributed by atoms with Crippen LogP contribution >= 0.6 is 0 Å². The van der Waals surface area contributed by atoms with Gasteiger partial charge in [0.05, 0.1) is 23.5 Å². The zero-order valence-electron chi connectivity index (χ0n) is 10.4. The van der Waals surface area contributed by atoms with Gasteiger partial charge in [-0.2, -0.15) is 0 Å². The molecule has 4 N–H and O–H groups in total. The first-order valence-corrected chi connectivity index (χ1v) is 6.04. The summed E-state index contributed by atoms with van der Waals surface area (Å²) in [6.07, 6.45) is 2.31. The molecule has 2 rings (SSSR count). The highest BCUT2D eigenvalue weighted by Crippen LogP contribution is 2.27. The average molecular weight is 250 g/mol. The first kappa shape index (κ1) is 12.7. The molecule has 2 unspecified atom stereocenters. The lowest BCUT2D eigenvalue weighted by atomic mass is 10.1. The van der Waals surface area contributed by atoms with E-state index in [1.165, 1.54) is 0 Å². The topological polar surface area (TPSA) is 87.6 Å². The first-order chi connectivity index (χ1) is 8.58. The van der Waals surface area contributed by atoms with Gasteiger partial charge in [-0.25, -0.2) is 0 Å². The maximum Gasteiger partial charge on any atom is 0.252 e. The number of carbonyl (C=O) groups excluding carboxylic acids is 1. The van der Waals surface area contributed by atoms with Gasteiger partial charge in [-0.1, -0.05) is 6.07 Å². The summed E-state index contributed by atoms with van der Waals surface area (Å²) in [5, 5.41) is 0. The number of hydrogen-bond acceptors (Lipinski definition) is 4. The minimum absolute atomic E-state index is 0.0559. The van der Waals surface area contributed by atoms with Crippen LogP contribution in [0.25, 0.3) is 0 Å². The van der Waals surface area contributed by atoms with E-state index in [1.54, 1.807) is 18.2 Å². The van der Waals surface area contributed by atoms with Crippen molar-refractivity contribution in [2.24, 2.45) is 5.73 Å². The third-order valence-corrected chi connectivity index (χ3v) is 3.04. The maximum atomic E-state index is 11.3. The molecule has 1 fully saturated rings. The molecule has 5 heteroatoms. The second-order valence-electron chi connectivity index (χ2n) is 4.55. The van der Waals surface area contributed by atoms with Crippen LogP contribution < -0.4 is 16.2 Å².